The molecule has 1 saturated heterocycles. The summed E-state index contributed by atoms with van der Waals surface area (Å²) < 4.78 is 5.60. The van der Waals surface area contributed by atoms with Crippen LogP contribution in [-0.4, -0.2) is 30.2 Å². The molecule has 4 nitrogen and oxygen atoms in total. The maximum Gasteiger partial charge on any atom is 0.157 e. The molecule has 0 aliphatic carbocycles. The second kappa shape index (κ2) is 4.18. The molecular formula is C12H19N3O. The summed E-state index contributed by atoms with van der Waals surface area (Å²) in [6.07, 6.45) is 4.90. The third kappa shape index (κ3) is 1.66. The number of fused-ring (bicyclic) bond motifs is 1. The summed E-state index contributed by atoms with van der Waals surface area (Å²) >= 11 is 0. The molecule has 16 heavy (non-hydrogen) atoms. The normalized spacial score (nSPS) is 26.7. The number of hydrogen-bond donors (Lipinski definition) is 1. The Morgan fingerprint density at radius 2 is 2.38 bits per heavy atom. The van der Waals surface area contributed by atoms with Gasteiger partial charge < -0.3 is 9.84 Å². The summed E-state index contributed by atoms with van der Waals surface area (Å²) in [5.74, 6) is 1.14. The van der Waals surface area contributed by atoms with Gasteiger partial charge >= 0.3 is 0 Å². The number of rotatable bonds is 1. The average molecular weight is 221 g/mol. The van der Waals surface area contributed by atoms with Gasteiger partial charge in [0.05, 0.1) is 6.04 Å². The van der Waals surface area contributed by atoms with E-state index in [9.17, 15) is 0 Å². The number of aromatic nitrogens is 1. The Kier molecular flexibility index (Phi) is 2.69. The first kappa shape index (κ1) is 10.3. The molecule has 1 atom stereocenters. The minimum Gasteiger partial charge on any atom is -0.359 e. The van der Waals surface area contributed by atoms with Crippen molar-refractivity contribution in [2.24, 2.45) is 0 Å². The average Bonchev–Trinajstić information content (AvgIpc) is 2.74. The smallest absolute Gasteiger partial charge is 0.157 e. The SMILES string of the molecule is CN1CCCCC1c1onc2c1CCNC2. The van der Waals surface area contributed by atoms with Crippen LogP contribution in [0.3, 0.4) is 0 Å². The fraction of sp³-hybridized carbons (Fsp3) is 0.750. The van der Waals surface area contributed by atoms with E-state index in [1.54, 1.807) is 0 Å². The van der Waals surface area contributed by atoms with E-state index in [0.29, 0.717) is 6.04 Å². The van der Waals surface area contributed by atoms with Gasteiger partial charge in [0.15, 0.2) is 5.76 Å². The monoisotopic (exact) mass is 221 g/mol. The molecule has 2 aliphatic heterocycles. The maximum absolute atomic E-state index is 5.60. The lowest BCUT2D eigenvalue weighted by atomic mass is 9.95. The molecule has 3 heterocycles. The third-order valence-corrected chi connectivity index (χ3v) is 3.82. The lowest BCUT2D eigenvalue weighted by Crippen LogP contribution is -2.31. The van der Waals surface area contributed by atoms with Crippen molar-refractivity contribution in [1.82, 2.24) is 15.4 Å². The van der Waals surface area contributed by atoms with Crippen molar-refractivity contribution in [2.45, 2.75) is 38.3 Å². The second-order valence-electron chi connectivity index (χ2n) is 4.89. The Labute approximate surface area is 96.0 Å². The molecule has 1 unspecified atom stereocenters. The molecule has 1 aromatic heterocycles. The largest absolute Gasteiger partial charge is 0.359 e. The van der Waals surface area contributed by atoms with Crippen LogP contribution in [0.4, 0.5) is 0 Å². The van der Waals surface area contributed by atoms with Gasteiger partial charge in [0.1, 0.15) is 5.69 Å². The number of hydrogen-bond acceptors (Lipinski definition) is 4. The topological polar surface area (TPSA) is 41.3 Å². The standard InChI is InChI=1S/C12H19N3O/c1-15-7-3-2-4-11(15)12-9-5-6-13-8-10(9)14-16-12/h11,13H,2-8H2,1H3. The summed E-state index contributed by atoms with van der Waals surface area (Å²) in [5.41, 5.74) is 2.50. The van der Waals surface area contributed by atoms with Crippen molar-refractivity contribution in [3.8, 4) is 0 Å². The van der Waals surface area contributed by atoms with E-state index in [2.05, 4.69) is 22.4 Å². The van der Waals surface area contributed by atoms with Crippen molar-refractivity contribution in [3.63, 3.8) is 0 Å². The van der Waals surface area contributed by atoms with E-state index in [0.717, 1.165) is 31.0 Å². The van der Waals surface area contributed by atoms with Crippen LogP contribution in [0.5, 0.6) is 0 Å². The predicted octanol–water partition coefficient (Wildman–Crippen LogP) is 1.48. The highest BCUT2D eigenvalue weighted by Crippen LogP contribution is 2.33. The molecule has 2 aliphatic rings. The number of nitrogens with zero attached hydrogens (tertiary/aromatic N) is 2. The molecule has 0 spiro atoms. The Bertz CT molecular complexity index is 374. The minimum absolute atomic E-state index is 0.461. The Hall–Kier alpha value is -0.870. The Morgan fingerprint density at radius 1 is 1.44 bits per heavy atom. The van der Waals surface area contributed by atoms with Crippen LogP contribution >= 0.6 is 0 Å². The number of nitrogens with one attached hydrogen (secondary N) is 1. The molecule has 0 aromatic carbocycles. The quantitative estimate of drug-likeness (QED) is 0.780. The highest BCUT2D eigenvalue weighted by molar-refractivity contribution is 5.28. The molecule has 1 aromatic rings. The molecule has 1 fully saturated rings. The highest BCUT2D eigenvalue weighted by atomic mass is 16.5. The summed E-state index contributed by atoms with van der Waals surface area (Å²) in [6.45, 7) is 3.10. The van der Waals surface area contributed by atoms with Gasteiger partial charge in [0.25, 0.3) is 0 Å². The molecular weight excluding hydrogens is 202 g/mol. The summed E-state index contributed by atoms with van der Waals surface area (Å²) in [6, 6.07) is 0.461. The van der Waals surface area contributed by atoms with Gasteiger partial charge in [-0.2, -0.15) is 0 Å². The zero-order chi connectivity index (χ0) is 11.0. The van der Waals surface area contributed by atoms with E-state index < -0.39 is 0 Å². The fourth-order valence-corrected chi connectivity index (χ4v) is 2.85. The summed E-state index contributed by atoms with van der Waals surface area (Å²) in [5, 5.41) is 7.53. The molecule has 3 rings (SSSR count). The minimum atomic E-state index is 0.461. The van der Waals surface area contributed by atoms with Gasteiger partial charge in [-0.1, -0.05) is 11.6 Å². The summed E-state index contributed by atoms with van der Waals surface area (Å²) in [4.78, 5) is 2.41. The first-order valence-corrected chi connectivity index (χ1v) is 6.24. The first-order valence-electron chi connectivity index (χ1n) is 6.24. The van der Waals surface area contributed by atoms with Crippen LogP contribution in [0.2, 0.25) is 0 Å². The zero-order valence-corrected chi connectivity index (χ0v) is 9.83. The van der Waals surface area contributed by atoms with Gasteiger partial charge in [-0.15, -0.1) is 0 Å². The van der Waals surface area contributed by atoms with Crippen LogP contribution in [-0.2, 0) is 13.0 Å². The number of likely N-dealkylation sites (tertiary alicyclic amines) is 1. The van der Waals surface area contributed by atoms with Crippen LogP contribution in [0.1, 0.15) is 42.3 Å². The van der Waals surface area contributed by atoms with E-state index in [4.69, 9.17) is 4.52 Å². The van der Waals surface area contributed by atoms with Gasteiger partial charge in [-0.3, -0.25) is 4.90 Å². The van der Waals surface area contributed by atoms with Gasteiger partial charge in [0.2, 0.25) is 0 Å². The van der Waals surface area contributed by atoms with Crippen LogP contribution < -0.4 is 5.32 Å². The van der Waals surface area contributed by atoms with E-state index in [1.807, 2.05) is 0 Å². The molecule has 0 amide bonds. The Balaban J connectivity index is 1.90. The van der Waals surface area contributed by atoms with Crippen LogP contribution in [0.25, 0.3) is 0 Å². The van der Waals surface area contributed by atoms with Crippen LogP contribution in [0.15, 0.2) is 4.52 Å². The molecule has 88 valence electrons. The highest BCUT2D eigenvalue weighted by Gasteiger charge is 2.29. The predicted molar refractivity (Wildman–Crippen MR) is 61.1 cm³/mol. The molecule has 1 N–H and O–H groups in total. The van der Waals surface area contributed by atoms with Gasteiger partial charge in [-0.05, 0) is 39.4 Å². The van der Waals surface area contributed by atoms with Crippen molar-refractivity contribution in [2.75, 3.05) is 20.1 Å². The first-order chi connectivity index (χ1) is 7.86. The van der Waals surface area contributed by atoms with Gasteiger partial charge in [-0.25, -0.2) is 0 Å². The zero-order valence-electron chi connectivity index (χ0n) is 9.83. The van der Waals surface area contributed by atoms with Crippen molar-refractivity contribution in [3.05, 3.63) is 17.0 Å². The van der Waals surface area contributed by atoms with E-state index >= 15 is 0 Å². The molecule has 0 bridgehead atoms. The van der Waals surface area contributed by atoms with Crippen molar-refractivity contribution < 1.29 is 4.52 Å². The molecule has 0 radical (unpaired) electrons. The number of piperidine rings is 1. The van der Waals surface area contributed by atoms with E-state index in [-0.39, 0.29) is 0 Å². The summed E-state index contributed by atoms with van der Waals surface area (Å²) in [7, 11) is 2.19. The second-order valence-corrected chi connectivity index (χ2v) is 4.89. The van der Waals surface area contributed by atoms with E-state index in [1.165, 1.54) is 31.4 Å². The lowest BCUT2D eigenvalue weighted by Gasteiger charge is -2.31. The third-order valence-electron chi connectivity index (χ3n) is 3.82. The van der Waals surface area contributed by atoms with Crippen molar-refractivity contribution >= 4 is 0 Å². The van der Waals surface area contributed by atoms with Gasteiger partial charge in [0, 0.05) is 12.1 Å². The fourth-order valence-electron chi connectivity index (χ4n) is 2.85. The van der Waals surface area contributed by atoms with Crippen molar-refractivity contribution in [1.29, 1.82) is 0 Å². The van der Waals surface area contributed by atoms with Crippen LogP contribution in [0, 0.1) is 0 Å². The Morgan fingerprint density at radius 3 is 3.25 bits per heavy atom. The lowest BCUT2D eigenvalue weighted by molar-refractivity contribution is 0.154. The molecule has 4 heteroatoms. The molecule has 0 saturated carbocycles. The maximum atomic E-state index is 5.60.